The van der Waals surface area contributed by atoms with E-state index in [1.54, 1.807) is 25.1 Å². The minimum absolute atomic E-state index is 0.0472. The van der Waals surface area contributed by atoms with Gasteiger partial charge in [0.05, 0.1) is 31.0 Å². The van der Waals surface area contributed by atoms with Crippen molar-refractivity contribution in [2.75, 3.05) is 18.0 Å². The van der Waals surface area contributed by atoms with Crippen LogP contribution in [0.3, 0.4) is 0 Å². The molecule has 1 aliphatic heterocycles. The molecule has 30 heavy (non-hydrogen) atoms. The molecule has 1 fully saturated rings. The molecule has 2 aromatic heterocycles. The van der Waals surface area contributed by atoms with Crippen molar-refractivity contribution >= 4 is 23.7 Å². The standard InChI is InChI=1S/C23H25N5O2/c1-4-7-13-27-21(26-12-8-9-18(24)15-26)14-22(29)28(23(27)30)16-19-11-10-17(5-2)20(6-3)25-19/h5-6,10-11,14,24H,2-3,8-9,12-13,15-16H2,1H3. The normalized spacial score (nSPS) is 13.5. The van der Waals surface area contributed by atoms with Gasteiger partial charge in [0.2, 0.25) is 0 Å². The quantitative estimate of drug-likeness (QED) is 0.751. The van der Waals surface area contributed by atoms with Crippen LogP contribution in [0, 0.1) is 17.3 Å². The average Bonchev–Trinajstić information content (AvgIpc) is 2.75. The summed E-state index contributed by atoms with van der Waals surface area (Å²) in [6.45, 7) is 10.5. The number of nitrogens with zero attached hydrogens (tertiary/aromatic N) is 4. The minimum Gasteiger partial charge on any atom is -0.352 e. The Bertz CT molecular complexity index is 1180. The van der Waals surface area contributed by atoms with E-state index in [1.165, 1.54) is 15.2 Å². The summed E-state index contributed by atoms with van der Waals surface area (Å²) < 4.78 is 2.67. The number of rotatable bonds is 6. The lowest BCUT2D eigenvalue weighted by molar-refractivity contribution is 0.599. The van der Waals surface area contributed by atoms with Gasteiger partial charge in [-0.15, -0.1) is 5.92 Å². The first-order valence-electron chi connectivity index (χ1n) is 9.78. The maximum absolute atomic E-state index is 13.2. The molecule has 0 unspecified atom stereocenters. The number of piperidine rings is 1. The third-order valence-corrected chi connectivity index (χ3v) is 5.03. The number of hydrogen-bond donors (Lipinski definition) is 1. The SMILES string of the molecule is C=Cc1ccc(Cn2c(=O)cc(N3CCCC(=N)C3)n(CC#CC)c2=O)nc1C=C. The van der Waals surface area contributed by atoms with Crippen LogP contribution in [0.2, 0.25) is 0 Å². The lowest BCUT2D eigenvalue weighted by atomic mass is 10.1. The molecule has 0 radical (unpaired) electrons. The van der Waals surface area contributed by atoms with Crippen molar-refractivity contribution in [3.63, 3.8) is 0 Å². The third-order valence-electron chi connectivity index (χ3n) is 5.03. The van der Waals surface area contributed by atoms with Crippen LogP contribution in [0.15, 0.2) is 40.9 Å². The van der Waals surface area contributed by atoms with Crippen LogP contribution >= 0.6 is 0 Å². The molecule has 0 aliphatic carbocycles. The second-order valence-electron chi connectivity index (χ2n) is 7.04. The van der Waals surface area contributed by atoms with Crippen molar-refractivity contribution in [2.45, 2.75) is 32.9 Å². The zero-order chi connectivity index (χ0) is 21.7. The molecule has 1 aliphatic rings. The smallest absolute Gasteiger partial charge is 0.333 e. The molecule has 0 bridgehead atoms. The number of aromatic nitrogens is 3. The molecule has 154 valence electrons. The molecular weight excluding hydrogens is 378 g/mol. The summed E-state index contributed by atoms with van der Waals surface area (Å²) in [4.78, 5) is 32.5. The Hall–Kier alpha value is -3.66. The van der Waals surface area contributed by atoms with Crippen molar-refractivity contribution < 1.29 is 0 Å². The average molecular weight is 403 g/mol. The molecule has 0 amide bonds. The number of hydrogen-bond acceptors (Lipinski definition) is 5. The topological polar surface area (TPSA) is 84.0 Å². The van der Waals surface area contributed by atoms with Gasteiger partial charge in [-0.05, 0) is 37.5 Å². The van der Waals surface area contributed by atoms with Crippen LogP contribution in [0.5, 0.6) is 0 Å². The van der Waals surface area contributed by atoms with E-state index < -0.39 is 11.2 Å². The number of pyridine rings is 1. The summed E-state index contributed by atoms with van der Waals surface area (Å²) in [5.74, 6) is 6.23. The highest BCUT2D eigenvalue weighted by molar-refractivity contribution is 5.86. The Balaban J connectivity index is 2.07. The van der Waals surface area contributed by atoms with Crippen LogP contribution in [0.1, 0.15) is 36.7 Å². The van der Waals surface area contributed by atoms with E-state index in [-0.39, 0.29) is 13.1 Å². The molecule has 7 nitrogen and oxygen atoms in total. The van der Waals surface area contributed by atoms with Gasteiger partial charge in [-0.3, -0.25) is 18.9 Å². The molecule has 1 N–H and O–H groups in total. The zero-order valence-corrected chi connectivity index (χ0v) is 17.1. The van der Waals surface area contributed by atoms with Gasteiger partial charge >= 0.3 is 5.69 Å². The maximum Gasteiger partial charge on any atom is 0.333 e. The van der Waals surface area contributed by atoms with Crippen molar-refractivity contribution in [1.29, 1.82) is 5.41 Å². The molecule has 0 aromatic carbocycles. The lowest BCUT2D eigenvalue weighted by Gasteiger charge is -2.31. The predicted octanol–water partition coefficient (Wildman–Crippen LogP) is 2.38. The second kappa shape index (κ2) is 9.23. The molecule has 0 saturated carbocycles. The van der Waals surface area contributed by atoms with Gasteiger partial charge < -0.3 is 10.3 Å². The van der Waals surface area contributed by atoms with Gasteiger partial charge in [0, 0.05) is 18.3 Å². The summed E-state index contributed by atoms with van der Waals surface area (Å²) in [5.41, 5.74) is 1.82. The van der Waals surface area contributed by atoms with E-state index in [2.05, 4.69) is 30.0 Å². The molecule has 2 aromatic rings. The highest BCUT2D eigenvalue weighted by Crippen LogP contribution is 2.16. The number of anilines is 1. The minimum atomic E-state index is -0.438. The summed E-state index contributed by atoms with van der Waals surface area (Å²) >= 11 is 0. The van der Waals surface area contributed by atoms with Crippen molar-refractivity contribution in [3.05, 3.63) is 69.1 Å². The fraction of sp³-hybridized carbons (Fsp3) is 0.304. The Morgan fingerprint density at radius 1 is 1.23 bits per heavy atom. The Morgan fingerprint density at radius 2 is 2.03 bits per heavy atom. The fourth-order valence-corrected chi connectivity index (χ4v) is 3.50. The molecule has 0 spiro atoms. The first-order chi connectivity index (χ1) is 14.5. The summed E-state index contributed by atoms with van der Waals surface area (Å²) in [5, 5.41) is 7.98. The van der Waals surface area contributed by atoms with Gasteiger partial charge in [-0.1, -0.05) is 31.2 Å². The van der Waals surface area contributed by atoms with E-state index in [4.69, 9.17) is 5.41 Å². The maximum atomic E-state index is 13.2. The van der Waals surface area contributed by atoms with E-state index in [9.17, 15) is 9.59 Å². The molecule has 3 heterocycles. The zero-order valence-electron chi connectivity index (χ0n) is 17.1. The first-order valence-corrected chi connectivity index (χ1v) is 9.78. The Kier molecular flexibility index (Phi) is 6.48. The molecule has 1 saturated heterocycles. The van der Waals surface area contributed by atoms with E-state index >= 15 is 0 Å². The van der Waals surface area contributed by atoms with E-state index in [0.717, 1.165) is 18.4 Å². The van der Waals surface area contributed by atoms with Crippen LogP contribution in [-0.2, 0) is 13.1 Å². The van der Waals surface area contributed by atoms with Gasteiger partial charge in [-0.25, -0.2) is 4.79 Å². The lowest BCUT2D eigenvalue weighted by Crippen LogP contribution is -2.45. The van der Waals surface area contributed by atoms with Gasteiger partial charge in [0.25, 0.3) is 5.56 Å². The first kappa shape index (κ1) is 21.1. The number of nitrogens with one attached hydrogen (secondary N) is 1. The summed E-state index contributed by atoms with van der Waals surface area (Å²) in [6.07, 6.45) is 4.86. The van der Waals surface area contributed by atoms with E-state index in [1.807, 2.05) is 11.0 Å². The molecule has 3 rings (SSSR count). The van der Waals surface area contributed by atoms with Crippen molar-refractivity contribution in [2.24, 2.45) is 0 Å². The van der Waals surface area contributed by atoms with Crippen LogP contribution in [0.25, 0.3) is 12.2 Å². The Morgan fingerprint density at radius 3 is 2.70 bits per heavy atom. The van der Waals surface area contributed by atoms with E-state index in [0.29, 0.717) is 36.0 Å². The van der Waals surface area contributed by atoms with Gasteiger partial charge in [0.1, 0.15) is 5.82 Å². The van der Waals surface area contributed by atoms with Crippen molar-refractivity contribution in [3.8, 4) is 11.8 Å². The van der Waals surface area contributed by atoms with Gasteiger partial charge in [-0.2, -0.15) is 0 Å². The monoisotopic (exact) mass is 403 g/mol. The van der Waals surface area contributed by atoms with Crippen LogP contribution in [-0.4, -0.2) is 32.9 Å². The largest absolute Gasteiger partial charge is 0.352 e. The van der Waals surface area contributed by atoms with Gasteiger partial charge in [0.15, 0.2) is 0 Å². The van der Waals surface area contributed by atoms with Crippen LogP contribution < -0.4 is 16.1 Å². The summed E-state index contributed by atoms with van der Waals surface area (Å²) in [6, 6.07) is 5.07. The van der Waals surface area contributed by atoms with Crippen molar-refractivity contribution in [1.82, 2.24) is 14.1 Å². The highest BCUT2D eigenvalue weighted by Gasteiger charge is 2.21. The fourth-order valence-electron chi connectivity index (χ4n) is 3.50. The highest BCUT2D eigenvalue weighted by atomic mass is 16.2. The summed E-state index contributed by atoms with van der Waals surface area (Å²) in [7, 11) is 0. The molecule has 0 atom stereocenters. The molecular formula is C23H25N5O2. The van der Waals surface area contributed by atoms with Crippen LogP contribution in [0.4, 0.5) is 5.82 Å². The predicted molar refractivity (Wildman–Crippen MR) is 121 cm³/mol. The Labute approximate surface area is 175 Å². The second-order valence-corrected chi connectivity index (χ2v) is 7.04. The molecule has 7 heteroatoms. The third kappa shape index (κ3) is 4.33.